The molecule has 0 unspecified atom stereocenters. The summed E-state index contributed by atoms with van der Waals surface area (Å²) in [6.07, 6.45) is 3.49. The number of carbonyl (C=O) groups is 1. The third kappa shape index (κ3) is 4.44. The van der Waals surface area contributed by atoms with Crippen molar-refractivity contribution in [3.63, 3.8) is 0 Å². The summed E-state index contributed by atoms with van der Waals surface area (Å²) in [6, 6.07) is 16.5. The first-order chi connectivity index (χ1) is 14.9. The topological polar surface area (TPSA) is 92.6 Å². The Morgan fingerprint density at radius 1 is 1.19 bits per heavy atom. The van der Waals surface area contributed by atoms with Crippen LogP contribution >= 0.6 is 15.9 Å². The summed E-state index contributed by atoms with van der Waals surface area (Å²) in [4.78, 5) is 12.2. The van der Waals surface area contributed by atoms with E-state index in [4.69, 9.17) is 5.73 Å². The van der Waals surface area contributed by atoms with Gasteiger partial charge in [0.1, 0.15) is 11.6 Å². The quantitative estimate of drug-likeness (QED) is 0.168. The van der Waals surface area contributed by atoms with Gasteiger partial charge in [-0.25, -0.2) is 9.82 Å². The zero-order chi connectivity index (χ0) is 22.0. The molecule has 1 amide bonds. The number of anilines is 1. The predicted molar refractivity (Wildman–Crippen MR) is 123 cm³/mol. The third-order valence-corrected chi connectivity index (χ3v) is 5.63. The molecule has 0 bridgehead atoms. The van der Waals surface area contributed by atoms with Gasteiger partial charge in [0.2, 0.25) is 0 Å². The Kier molecular flexibility index (Phi) is 5.73. The Morgan fingerprint density at radius 2 is 2.03 bits per heavy atom. The summed E-state index contributed by atoms with van der Waals surface area (Å²) in [5.41, 5.74) is 11.1. The zero-order valence-electron chi connectivity index (χ0n) is 16.2. The minimum Gasteiger partial charge on any atom is -0.506 e. The summed E-state index contributed by atoms with van der Waals surface area (Å²) in [6.45, 7) is 0.501. The van der Waals surface area contributed by atoms with Crippen LogP contribution < -0.4 is 11.2 Å². The van der Waals surface area contributed by atoms with E-state index in [2.05, 4.69) is 26.5 Å². The largest absolute Gasteiger partial charge is 0.506 e. The number of nitrogens with one attached hydrogen (secondary N) is 1. The van der Waals surface area contributed by atoms with Crippen LogP contribution in [0.4, 0.5) is 10.1 Å². The van der Waals surface area contributed by atoms with Gasteiger partial charge in [0, 0.05) is 39.2 Å². The monoisotopic (exact) mass is 480 g/mol. The zero-order valence-corrected chi connectivity index (χ0v) is 17.8. The SMILES string of the molecule is Nc1cc(C(=O)N/N=C/c2cccc3c2ccn3Cc2cc(F)ccc2Br)ccc1O. The van der Waals surface area contributed by atoms with Crippen molar-refractivity contribution in [2.24, 2.45) is 5.10 Å². The van der Waals surface area contributed by atoms with E-state index in [9.17, 15) is 14.3 Å². The number of halogens is 2. The third-order valence-electron chi connectivity index (χ3n) is 4.86. The number of carbonyl (C=O) groups excluding carboxylic acids is 1. The lowest BCUT2D eigenvalue weighted by Gasteiger charge is -2.08. The number of hydrogen-bond donors (Lipinski definition) is 3. The van der Waals surface area contributed by atoms with Gasteiger partial charge in [-0.15, -0.1) is 0 Å². The van der Waals surface area contributed by atoms with Crippen molar-refractivity contribution < 1.29 is 14.3 Å². The number of benzene rings is 3. The summed E-state index contributed by atoms with van der Waals surface area (Å²) in [7, 11) is 0. The fraction of sp³-hybridized carbons (Fsp3) is 0.0435. The smallest absolute Gasteiger partial charge is 0.271 e. The summed E-state index contributed by atoms with van der Waals surface area (Å²) in [5.74, 6) is -0.807. The van der Waals surface area contributed by atoms with E-state index in [0.717, 1.165) is 26.5 Å². The van der Waals surface area contributed by atoms with Crippen LogP contribution in [0.1, 0.15) is 21.5 Å². The molecule has 4 rings (SSSR count). The first kappa shape index (κ1) is 20.6. The van der Waals surface area contributed by atoms with Crippen molar-refractivity contribution >= 4 is 44.6 Å². The number of hydrazone groups is 1. The summed E-state index contributed by atoms with van der Waals surface area (Å²) >= 11 is 3.47. The highest BCUT2D eigenvalue weighted by Gasteiger charge is 2.09. The van der Waals surface area contributed by atoms with E-state index in [-0.39, 0.29) is 22.8 Å². The van der Waals surface area contributed by atoms with Gasteiger partial charge in [-0.1, -0.05) is 28.1 Å². The molecular weight excluding hydrogens is 463 g/mol. The highest BCUT2D eigenvalue weighted by Crippen LogP contribution is 2.24. The first-order valence-electron chi connectivity index (χ1n) is 9.36. The number of aromatic nitrogens is 1. The molecule has 156 valence electrons. The Hall–Kier alpha value is -3.65. The van der Waals surface area contributed by atoms with Gasteiger partial charge in [-0.05, 0) is 54.1 Å². The molecule has 0 aliphatic heterocycles. The van der Waals surface area contributed by atoms with Crippen LogP contribution in [0, 0.1) is 5.82 Å². The fourth-order valence-corrected chi connectivity index (χ4v) is 3.64. The molecule has 3 aromatic carbocycles. The second-order valence-electron chi connectivity index (χ2n) is 6.93. The van der Waals surface area contributed by atoms with Crippen LogP contribution in [-0.2, 0) is 6.54 Å². The molecule has 0 saturated carbocycles. The molecular formula is C23H18BrFN4O2. The maximum atomic E-state index is 13.6. The number of phenols is 1. The molecule has 4 N–H and O–H groups in total. The normalized spacial score (nSPS) is 11.3. The molecule has 1 aromatic heterocycles. The molecule has 0 aliphatic carbocycles. The van der Waals surface area contributed by atoms with Gasteiger partial charge in [0.25, 0.3) is 5.91 Å². The number of nitrogens with two attached hydrogens (primary N) is 1. The minimum atomic E-state index is -0.441. The van der Waals surface area contributed by atoms with E-state index in [1.807, 2.05) is 35.0 Å². The van der Waals surface area contributed by atoms with Crippen LogP contribution in [0.2, 0.25) is 0 Å². The second kappa shape index (κ2) is 8.61. The van der Waals surface area contributed by atoms with Crippen molar-refractivity contribution in [1.82, 2.24) is 9.99 Å². The van der Waals surface area contributed by atoms with Gasteiger partial charge >= 0.3 is 0 Å². The molecule has 0 atom stereocenters. The Bertz CT molecular complexity index is 1320. The molecule has 6 nitrogen and oxygen atoms in total. The summed E-state index contributed by atoms with van der Waals surface area (Å²) < 4.78 is 16.5. The van der Waals surface area contributed by atoms with E-state index in [0.29, 0.717) is 6.54 Å². The van der Waals surface area contributed by atoms with E-state index >= 15 is 0 Å². The average molecular weight is 481 g/mol. The second-order valence-corrected chi connectivity index (χ2v) is 7.79. The molecule has 4 aromatic rings. The molecule has 0 saturated heterocycles. The molecule has 0 spiro atoms. The minimum absolute atomic E-state index is 0.0819. The first-order valence-corrected chi connectivity index (χ1v) is 10.2. The predicted octanol–water partition coefficient (Wildman–Crippen LogP) is 4.64. The number of amides is 1. The van der Waals surface area contributed by atoms with E-state index < -0.39 is 5.91 Å². The molecule has 0 aliphatic rings. The highest BCUT2D eigenvalue weighted by molar-refractivity contribution is 9.10. The highest BCUT2D eigenvalue weighted by atomic mass is 79.9. The Labute approximate surface area is 185 Å². The number of nitrogen functional groups attached to an aromatic ring is 1. The van der Waals surface area contributed by atoms with Gasteiger partial charge < -0.3 is 15.4 Å². The lowest BCUT2D eigenvalue weighted by atomic mass is 10.1. The average Bonchev–Trinajstić information content (AvgIpc) is 3.16. The Morgan fingerprint density at radius 3 is 2.84 bits per heavy atom. The number of aromatic hydroxyl groups is 1. The van der Waals surface area contributed by atoms with Crippen LogP contribution in [0.3, 0.4) is 0 Å². The number of phenolic OH excluding ortho intramolecular Hbond substituents is 1. The van der Waals surface area contributed by atoms with Gasteiger partial charge in [-0.3, -0.25) is 4.79 Å². The molecule has 8 heteroatoms. The van der Waals surface area contributed by atoms with Crippen LogP contribution in [0.25, 0.3) is 10.9 Å². The number of hydrogen-bond acceptors (Lipinski definition) is 4. The Balaban J connectivity index is 1.54. The standard InChI is InChI=1S/C23H18BrFN4O2/c24-19-6-5-17(25)10-16(19)13-29-9-8-18-15(2-1-3-21(18)29)12-27-28-23(31)14-4-7-22(30)20(26)11-14/h1-12,30H,13,26H2,(H,28,31)/b27-12+. The number of fused-ring (bicyclic) bond motifs is 1. The molecule has 1 heterocycles. The maximum Gasteiger partial charge on any atom is 0.271 e. The van der Waals surface area contributed by atoms with Crippen molar-refractivity contribution in [1.29, 1.82) is 0 Å². The van der Waals surface area contributed by atoms with Crippen LogP contribution in [0.5, 0.6) is 5.75 Å². The van der Waals surface area contributed by atoms with E-state index in [1.165, 1.54) is 30.3 Å². The van der Waals surface area contributed by atoms with Gasteiger partial charge in [0.05, 0.1) is 11.9 Å². The van der Waals surface area contributed by atoms with Crippen molar-refractivity contribution in [2.45, 2.75) is 6.54 Å². The molecule has 31 heavy (non-hydrogen) atoms. The van der Waals surface area contributed by atoms with Crippen molar-refractivity contribution in [2.75, 3.05) is 5.73 Å². The van der Waals surface area contributed by atoms with Crippen LogP contribution in [-0.4, -0.2) is 21.8 Å². The lowest BCUT2D eigenvalue weighted by molar-refractivity contribution is 0.0955. The molecule has 0 radical (unpaired) electrons. The summed E-state index contributed by atoms with van der Waals surface area (Å²) in [5, 5.41) is 14.5. The van der Waals surface area contributed by atoms with Crippen molar-refractivity contribution in [3.05, 3.63) is 93.8 Å². The fourth-order valence-electron chi connectivity index (χ4n) is 3.27. The lowest BCUT2D eigenvalue weighted by Crippen LogP contribution is -2.17. The van der Waals surface area contributed by atoms with E-state index in [1.54, 1.807) is 12.3 Å². The maximum absolute atomic E-state index is 13.6. The number of nitrogens with zero attached hydrogens (tertiary/aromatic N) is 2. The van der Waals surface area contributed by atoms with Gasteiger partial charge in [0.15, 0.2) is 0 Å². The molecule has 0 fully saturated rings. The van der Waals surface area contributed by atoms with Gasteiger partial charge in [-0.2, -0.15) is 5.10 Å². The van der Waals surface area contributed by atoms with Crippen molar-refractivity contribution in [3.8, 4) is 5.75 Å². The number of rotatable bonds is 5. The van der Waals surface area contributed by atoms with Crippen LogP contribution in [0.15, 0.2) is 76.4 Å².